The topological polar surface area (TPSA) is 109 Å². The number of sulfonamides is 1. The molecule has 0 bridgehead atoms. The number of nitrogens with one attached hydrogen (secondary N) is 2. The Morgan fingerprint density at radius 1 is 1.00 bits per heavy atom. The fourth-order valence-corrected chi connectivity index (χ4v) is 4.76. The van der Waals surface area contributed by atoms with Gasteiger partial charge in [0.2, 0.25) is 0 Å². The first-order chi connectivity index (χ1) is 15.8. The zero-order chi connectivity index (χ0) is 23.8. The van der Waals surface area contributed by atoms with Crippen molar-refractivity contribution in [3.63, 3.8) is 0 Å². The van der Waals surface area contributed by atoms with Gasteiger partial charge in [0.1, 0.15) is 0 Å². The molecule has 0 fully saturated rings. The van der Waals surface area contributed by atoms with Crippen molar-refractivity contribution < 1.29 is 22.4 Å². The van der Waals surface area contributed by atoms with Gasteiger partial charge in [-0.3, -0.25) is 13.9 Å². The van der Waals surface area contributed by atoms with Crippen LogP contribution in [0.2, 0.25) is 5.02 Å². The fourth-order valence-electron chi connectivity index (χ4n) is 2.97. The van der Waals surface area contributed by atoms with Crippen molar-refractivity contribution in [3.8, 4) is 0 Å². The van der Waals surface area contributed by atoms with Gasteiger partial charge in [-0.25, -0.2) is 8.42 Å². The fraction of sp³-hybridized carbons (Fsp3) is 0.130. The van der Waals surface area contributed by atoms with Crippen molar-refractivity contribution in [3.05, 3.63) is 95.9 Å². The predicted molar refractivity (Wildman–Crippen MR) is 126 cm³/mol. The van der Waals surface area contributed by atoms with Crippen molar-refractivity contribution in [1.29, 1.82) is 0 Å². The van der Waals surface area contributed by atoms with Gasteiger partial charge in [-0.1, -0.05) is 35.9 Å². The first-order valence-electron chi connectivity index (χ1n) is 9.92. The van der Waals surface area contributed by atoms with E-state index in [9.17, 15) is 18.0 Å². The van der Waals surface area contributed by atoms with Gasteiger partial charge in [-0.05, 0) is 42.5 Å². The van der Waals surface area contributed by atoms with E-state index in [0.29, 0.717) is 5.69 Å². The van der Waals surface area contributed by atoms with Crippen molar-refractivity contribution in [2.45, 2.75) is 4.90 Å². The van der Waals surface area contributed by atoms with Gasteiger partial charge in [0.15, 0.2) is 5.76 Å². The Morgan fingerprint density at radius 2 is 1.73 bits per heavy atom. The minimum absolute atomic E-state index is 0.00213. The minimum Gasteiger partial charge on any atom is -0.459 e. The second-order valence-corrected chi connectivity index (χ2v) is 9.06. The summed E-state index contributed by atoms with van der Waals surface area (Å²) in [5.74, 6) is -0.710. The van der Waals surface area contributed by atoms with E-state index in [4.69, 9.17) is 16.0 Å². The molecule has 3 rings (SSSR count). The number of hydrogen-bond donors (Lipinski definition) is 2. The molecule has 33 heavy (non-hydrogen) atoms. The third kappa shape index (κ3) is 5.82. The van der Waals surface area contributed by atoms with E-state index in [1.165, 1.54) is 42.7 Å². The first kappa shape index (κ1) is 24.1. The number of benzene rings is 2. The van der Waals surface area contributed by atoms with Gasteiger partial charge in [-0.2, -0.15) is 0 Å². The Hall–Kier alpha value is -3.56. The highest BCUT2D eigenvalue weighted by Gasteiger charge is 2.26. The van der Waals surface area contributed by atoms with Crippen LogP contribution in [0.15, 0.2) is 88.9 Å². The molecule has 2 N–H and O–H groups in total. The van der Waals surface area contributed by atoms with Crippen LogP contribution in [0.1, 0.15) is 20.9 Å². The van der Waals surface area contributed by atoms with Crippen LogP contribution in [-0.2, 0) is 10.0 Å². The second kappa shape index (κ2) is 10.8. The molecule has 0 unspecified atom stereocenters. The summed E-state index contributed by atoms with van der Waals surface area (Å²) in [7, 11) is -4.03. The number of hydrogen-bond acceptors (Lipinski definition) is 5. The molecule has 1 aromatic heterocycles. The Balaban J connectivity index is 1.70. The summed E-state index contributed by atoms with van der Waals surface area (Å²) in [5, 5.41) is 5.52. The van der Waals surface area contributed by atoms with Crippen LogP contribution in [0.5, 0.6) is 0 Å². The number of para-hydroxylation sites is 1. The zero-order valence-corrected chi connectivity index (χ0v) is 19.1. The quantitative estimate of drug-likeness (QED) is 0.336. The molecule has 10 heteroatoms. The molecule has 0 radical (unpaired) electrons. The largest absolute Gasteiger partial charge is 0.459 e. The van der Waals surface area contributed by atoms with Gasteiger partial charge in [0, 0.05) is 18.7 Å². The van der Waals surface area contributed by atoms with Gasteiger partial charge < -0.3 is 15.1 Å². The highest BCUT2D eigenvalue weighted by atomic mass is 35.5. The highest BCUT2D eigenvalue weighted by molar-refractivity contribution is 7.92. The molecule has 0 aliphatic carbocycles. The summed E-state index contributed by atoms with van der Waals surface area (Å²) in [6.45, 7) is 3.94. The summed E-state index contributed by atoms with van der Waals surface area (Å²) in [4.78, 5) is 24.3. The molecule has 0 saturated carbocycles. The number of carbonyl (C=O) groups excluding carboxylic acids is 2. The number of halogens is 1. The Kier molecular flexibility index (Phi) is 7.92. The molecule has 0 aliphatic heterocycles. The van der Waals surface area contributed by atoms with Crippen LogP contribution in [0.3, 0.4) is 0 Å². The lowest BCUT2D eigenvalue weighted by atomic mass is 10.2. The maximum absolute atomic E-state index is 13.3. The summed E-state index contributed by atoms with van der Waals surface area (Å²) in [6.07, 6.45) is 2.84. The van der Waals surface area contributed by atoms with Crippen LogP contribution in [0.25, 0.3) is 0 Å². The summed E-state index contributed by atoms with van der Waals surface area (Å²) < 4.78 is 32.8. The number of amides is 2. The average Bonchev–Trinajstić information content (AvgIpc) is 3.36. The Bertz CT molecular complexity index is 1240. The maximum atomic E-state index is 13.3. The molecule has 3 aromatic rings. The molecule has 0 atom stereocenters. The average molecular weight is 488 g/mol. The number of carbonyl (C=O) groups is 2. The number of rotatable bonds is 10. The standard InChI is InChI=1S/C23H22ClN3O5S/c1-2-14-27(20-10-4-3-9-19(20)24)33(30,31)18-8-5-7-17(16-18)22(28)25-12-13-26-23(29)21-11-6-15-32-21/h2-11,15-16H,1,12-14H2,(H,25,28)(H,26,29). The third-order valence-electron chi connectivity index (χ3n) is 4.54. The molecule has 0 aliphatic rings. The normalized spacial score (nSPS) is 10.9. The van der Waals surface area contributed by atoms with Gasteiger partial charge in [0.25, 0.3) is 21.8 Å². The molecule has 0 saturated heterocycles. The van der Waals surface area contributed by atoms with Crippen molar-refractivity contribution in [2.24, 2.45) is 0 Å². The number of nitrogens with zero attached hydrogens (tertiary/aromatic N) is 1. The molecule has 0 spiro atoms. The van der Waals surface area contributed by atoms with E-state index in [2.05, 4.69) is 17.2 Å². The molecular weight excluding hydrogens is 466 g/mol. The van der Waals surface area contributed by atoms with E-state index in [1.54, 1.807) is 30.3 Å². The second-order valence-electron chi connectivity index (χ2n) is 6.79. The van der Waals surface area contributed by atoms with Crippen LogP contribution in [0, 0.1) is 0 Å². The van der Waals surface area contributed by atoms with E-state index in [1.807, 2.05) is 0 Å². The molecule has 8 nitrogen and oxygen atoms in total. The monoisotopic (exact) mass is 487 g/mol. The first-order valence-corrected chi connectivity index (χ1v) is 11.7. The van der Waals surface area contributed by atoms with Crippen LogP contribution < -0.4 is 14.9 Å². The van der Waals surface area contributed by atoms with Crippen molar-refractivity contribution >= 4 is 39.1 Å². The zero-order valence-electron chi connectivity index (χ0n) is 17.5. The molecule has 2 amide bonds. The molecule has 172 valence electrons. The van der Waals surface area contributed by atoms with Gasteiger partial charge in [-0.15, -0.1) is 6.58 Å². The maximum Gasteiger partial charge on any atom is 0.287 e. The SMILES string of the molecule is C=CCN(c1ccccc1Cl)S(=O)(=O)c1cccc(C(=O)NCCNC(=O)c2ccco2)c1. The van der Waals surface area contributed by atoms with Crippen LogP contribution >= 0.6 is 11.6 Å². The van der Waals surface area contributed by atoms with Crippen LogP contribution in [-0.4, -0.2) is 39.9 Å². The summed E-state index contributed by atoms with van der Waals surface area (Å²) in [5.41, 5.74) is 0.465. The Morgan fingerprint density at radius 3 is 2.39 bits per heavy atom. The van der Waals surface area contributed by atoms with E-state index < -0.39 is 21.8 Å². The number of furan rings is 1. The van der Waals surface area contributed by atoms with E-state index in [0.717, 1.165) is 4.31 Å². The van der Waals surface area contributed by atoms with E-state index in [-0.39, 0.29) is 40.9 Å². The van der Waals surface area contributed by atoms with Gasteiger partial charge in [0.05, 0.1) is 28.4 Å². The van der Waals surface area contributed by atoms with E-state index >= 15 is 0 Å². The molecule has 1 heterocycles. The number of anilines is 1. The molecular formula is C23H22ClN3O5S. The third-order valence-corrected chi connectivity index (χ3v) is 6.64. The minimum atomic E-state index is -4.03. The highest BCUT2D eigenvalue weighted by Crippen LogP contribution is 2.30. The van der Waals surface area contributed by atoms with Gasteiger partial charge >= 0.3 is 0 Å². The van der Waals surface area contributed by atoms with Crippen LogP contribution in [0.4, 0.5) is 5.69 Å². The smallest absolute Gasteiger partial charge is 0.287 e. The van der Waals surface area contributed by atoms with Crippen molar-refractivity contribution in [1.82, 2.24) is 10.6 Å². The lowest BCUT2D eigenvalue weighted by Crippen LogP contribution is -2.35. The lowest BCUT2D eigenvalue weighted by Gasteiger charge is -2.24. The summed E-state index contributed by atoms with van der Waals surface area (Å²) >= 11 is 6.22. The predicted octanol–water partition coefficient (Wildman–Crippen LogP) is 3.47. The molecule has 2 aromatic carbocycles. The van der Waals surface area contributed by atoms with Crippen molar-refractivity contribution in [2.75, 3.05) is 23.9 Å². The summed E-state index contributed by atoms with van der Waals surface area (Å²) in [6, 6.07) is 15.4. The Labute approximate surface area is 196 Å². The lowest BCUT2D eigenvalue weighted by molar-refractivity contribution is 0.0910.